The first-order chi connectivity index (χ1) is 9.29. The van der Waals surface area contributed by atoms with Gasteiger partial charge in [-0.05, 0) is 51.4 Å². The molecular weight excluding hydrogens is 232 g/mol. The Kier molecular flexibility index (Phi) is 5.87. The Morgan fingerprint density at radius 3 is 2.47 bits per heavy atom. The van der Waals surface area contributed by atoms with E-state index >= 15 is 0 Å². The summed E-state index contributed by atoms with van der Waals surface area (Å²) in [5.41, 5.74) is 2.81. The molecule has 1 saturated heterocycles. The molecule has 1 aliphatic rings. The lowest BCUT2D eigenvalue weighted by molar-refractivity contribution is 0.152. The lowest BCUT2D eigenvalue weighted by Gasteiger charge is -2.34. The smallest absolute Gasteiger partial charge is 0.0236 e. The van der Waals surface area contributed by atoms with Crippen LogP contribution < -0.4 is 5.32 Å². The second-order valence-corrected chi connectivity index (χ2v) is 5.79. The molecule has 0 aromatic heterocycles. The number of hydrogen-bond donors (Lipinski definition) is 1. The molecule has 106 valence electrons. The first-order valence-electron chi connectivity index (χ1n) is 7.80. The number of hydrogen-bond acceptors (Lipinski definition) is 2. The van der Waals surface area contributed by atoms with E-state index < -0.39 is 0 Å². The molecule has 1 aromatic carbocycles. The molecular formula is C17H28N2. The molecule has 0 saturated carbocycles. The molecule has 0 aliphatic carbocycles. The van der Waals surface area contributed by atoms with Crippen molar-refractivity contribution in [3.8, 4) is 0 Å². The summed E-state index contributed by atoms with van der Waals surface area (Å²) in [5, 5.41) is 3.47. The van der Waals surface area contributed by atoms with Crippen LogP contribution in [0.4, 0.5) is 0 Å². The van der Waals surface area contributed by atoms with E-state index in [9.17, 15) is 0 Å². The van der Waals surface area contributed by atoms with Crippen LogP contribution in [0.5, 0.6) is 0 Å². The van der Waals surface area contributed by atoms with E-state index in [1.807, 2.05) is 0 Å². The van der Waals surface area contributed by atoms with Gasteiger partial charge >= 0.3 is 0 Å². The van der Waals surface area contributed by atoms with Crippen molar-refractivity contribution in [2.45, 2.75) is 52.1 Å². The van der Waals surface area contributed by atoms with Gasteiger partial charge in [-0.15, -0.1) is 0 Å². The van der Waals surface area contributed by atoms with Gasteiger partial charge in [0.25, 0.3) is 0 Å². The Morgan fingerprint density at radius 1 is 1.16 bits per heavy atom. The van der Waals surface area contributed by atoms with Crippen molar-refractivity contribution in [3.63, 3.8) is 0 Å². The van der Waals surface area contributed by atoms with E-state index in [1.165, 1.54) is 56.4 Å². The summed E-state index contributed by atoms with van der Waals surface area (Å²) >= 11 is 0. The van der Waals surface area contributed by atoms with E-state index in [-0.39, 0.29) is 0 Å². The maximum absolute atomic E-state index is 3.47. The van der Waals surface area contributed by atoms with Gasteiger partial charge in [0.05, 0.1) is 0 Å². The first kappa shape index (κ1) is 14.5. The normalized spacial score (nSPS) is 17.0. The van der Waals surface area contributed by atoms with E-state index in [1.54, 1.807) is 0 Å². The van der Waals surface area contributed by atoms with Gasteiger partial charge in [-0.1, -0.05) is 43.2 Å². The van der Waals surface area contributed by atoms with Crippen molar-refractivity contribution in [3.05, 3.63) is 35.4 Å². The maximum atomic E-state index is 3.47. The SMILES string of the molecule is CCCCN(Cc1ccc(C)cc1)C1CCNCC1. The zero-order valence-electron chi connectivity index (χ0n) is 12.5. The molecule has 19 heavy (non-hydrogen) atoms. The molecule has 0 radical (unpaired) electrons. The van der Waals surface area contributed by atoms with Crippen molar-refractivity contribution < 1.29 is 0 Å². The van der Waals surface area contributed by atoms with Gasteiger partial charge < -0.3 is 5.32 Å². The lowest BCUT2D eigenvalue weighted by Crippen LogP contribution is -2.43. The Bertz CT molecular complexity index is 352. The zero-order valence-corrected chi connectivity index (χ0v) is 12.5. The molecule has 1 N–H and O–H groups in total. The first-order valence-corrected chi connectivity index (χ1v) is 7.80. The Hall–Kier alpha value is -0.860. The third-order valence-corrected chi connectivity index (χ3v) is 4.13. The number of unbranched alkanes of at least 4 members (excludes halogenated alkanes) is 1. The number of nitrogens with one attached hydrogen (secondary N) is 1. The summed E-state index contributed by atoms with van der Waals surface area (Å²) in [6.07, 6.45) is 5.20. The molecule has 2 nitrogen and oxygen atoms in total. The highest BCUT2D eigenvalue weighted by molar-refractivity contribution is 5.21. The number of piperidine rings is 1. The zero-order chi connectivity index (χ0) is 13.5. The third kappa shape index (κ3) is 4.63. The van der Waals surface area contributed by atoms with Crippen LogP contribution in [-0.4, -0.2) is 30.6 Å². The van der Waals surface area contributed by atoms with Gasteiger partial charge in [-0.3, -0.25) is 4.90 Å². The van der Waals surface area contributed by atoms with Crippen LogP contribution in [-0.2, 0) is 6.54 Å². The minimum Gasteiger partial charge on any atom is -0.317 e. The van der Waals surface area contributed by atoms with Crippen molar-refractivity contribution in [1.82, 2.24) is 10.2 Å². The van der Waals surface area contributed by atoms with Crippen LogP contribution >= 0.6 is 0 Å². The number of rotatable bonds is 6. The van der Waals surface area contributed by atoms with Crippen molar-refractivity contribution in [2.75, 3.05) is 19.6 Å². The summed E-state index contributed by atoms with van der Waals surface area (Å²) in [6.45, 7) is 9.17. The molecule has 0 bridgehead atoms. The number of benzene rings is 1. The molecule has 2 heteroatoms. The average Bonchev–Trinajstić information content (AvgIpc) is 2.46. The van der Waals surface area contributed by atoms with Crippen LogP contribution in [0.25, 0.3) is 0 Å². The molecule has 0 amide bonds. The summed E-state index contributed by atoms with van der Waals surface area (Å²) in [7, 11) is 0. The van der Waals surface area contributed by atoms with E-state index in [4.69, 9.17) is 0 Å². The molecule has 0 spiro atoms. The van der Waals surface area contributed by atoms with Gasteiger partial charge in [-0.2, -0.15) is 0 Å². The van der Waals surface area contributed by atoms with Crippen LogP contribution in [0.3, 0.4) is 0 Å². The Morgan fingerprint density at radius 2 is 1.84 bits per heavy atom. The standard InChI is InChI=1S/C17H28N2/c1-3-4-13-19(17-9-11-18-12-10-17)14-16-7-5-15(2)6-8-16/h5-8,17-18H,3-4,9-14H2,1-2H3. The second-order valence-electron chi connectivity index (χ2n) is 5.79. The molecule has 1 aromatic rings. The highest BCUT2D eigenvalue weighted by Gasteiger charge is 2.20. The summed E-state index contributed by atoms with van der Waals surface area (Å²) in [4.78, 5) is 2.70. The minimum atomic E-state index is 0.772. The molecule has 2 rings (SSSR count). The van der Waals surface area contributed by atoms with Crippen LogP contribution in [0.15, 0.2) is 24.3 Å². The monoisotopic (exact) mass is 260 g/mol. The topological polar surface area (TPSA) is 15.3 Å². The summed E-state index contributed by atoms with van der Waals surface area (Å²) in [6, 6.07) is 9.81. The summed E-state index contributed by atoms with van der Waals surface area (Å²) < 4.78 is 0. The predicted molar refractivity (Wildman–Crippen MR) is 82.4 cm³/mol. The summed E-state index contributed by atoms with van der Waals surface area (Å²) in [5.74, 6) is 0. The Labute approximate surface area is 118 Å². The molecule has 0 atom stereocenters. The van der Waals surface area contributed by atoms with E-state index in [2.05, 4.69) is 48.3 Å². The van der Waals surface area contributed by atoms with E-state index in [0.29, 0.717) is 0 Å². The highest BCUT2D eigenvalue weighted by atomic mass is 15.2. The number of nitrogens with zero attached hydrogens (tertiary/aromatic N) is 1. The van der Waals surface area contributed by atoms with E-state index in [0.717, 1.165) is 12.6 Å². The largest absolute Gasteiger partial charge is 0.317 e. The van der Waals surface area contributed by atoms with Gasteiger partial charge in [-0.25, -0.2) is 0 Å². The third-order valence-electron chi connectivity index (χ3n) is 4.13. The van der Waals surface area contributed by atoms with Crippen LogP contribution in [0, 0.1) is 6.92 Å². The molecule has 0 unspecified atom stereocenters. The maximum Gasteiger partial charge on any atom is 0.0236 e. The average molecular weight is 260 g/mol. The van der Waals surface area contributed by atoms with Gasteiger partial charge in [0.2, 0.25) is 0 Å². The fourth-order valence-corrected chi connectivity index (χ4v) is 2.85. The highest BCUT2D eigenvalue weighted by Crippen LogP contribution is 2.17. The fraction of sp³-hybridized carbons (Fsp3) is 0.647. The lowest BCUT2D eigenvalue weighted by atomic mass is 10.0. The quantitative estimate of drug-likeness (QED) is 0.844. The fourth-order valence-electron chi connectivity index (χ4n) is 2.85. The van der Waals surface area contributed by atoms with Crippen LogP contribution in [0.1, 0.15) is 43.7 Å². The number of aryl methyl sites for hydroxylation is 1. The van der Waals surface area contributed by atoms with Gasteiger partial charge in [0.1, 0.15) is 0 Å². The van der Waals surface area contributed by atoms with Crippen molar-refractivity contribution in [1.29, 1.82) is 0 Å². The van der Waals surface area contributed by atoms with Gasteiger partial charge in [0, 0.05) is 12.6 Å². The Balaban J connectivity index is 1.97. The minimum absolute atomic E-state index is 0.772. The predicted octanol–water partition coefficient (Wildman–Crippen LogP) is 3.35. The van der Waals surface area contributed by atoms with Gasteiger partial charge in [0.15, 0.2) is 0 Å². The molecule has 1 heterocycles. The van der Waals surface area contributed by atoms with Crippen LogP contribution in [0.2, 0.25) is 0 Å². The molecule has 1 aliphatic heterocycles. The van der Waals surface area contributed by atoms with Crippen molar-refractivity contribution >= 4 is 0 Å². The molecule has 1 fully saturated rings. The second kappa shape index (κ2) is 7.66. The van der Waals surface area contributed by atoms with Crippen molar-refractivity contribution in [2.24, 2.45) is 0 Å².